The van der Waals surface area contributed by atoms with Crippen LogP contribution >= 0.6 is 35.8 Å². The molecule has 1 aliphatic heterocycles. The second-order valence-corrected chi connectivity index (χ2v) is 5.81. The van der Waals surface area contributed by atoms with Gasteiger partial charge in [-0.1, -0.05) is 11.6 Å². The first kappa shape index (κ1) is 18.1. The van der Waals surface area contributed by atoms with Crippen LogP contribution < -0.4 is 11.1 Å². The lowest BCUT2D eigenvalue weighted by Gasteiger charge is -2.23. The predicted octanol–water partition coefficient (Wildman–Crippen LogP) is 1.35. The number of carbonyl (C=O) groups excluding carboxylic acids is 2. The van der Waals surface area contributed by atoms with E-state index in [4.69, 9.17) is 17.3 Å². The van der Waals surface area contributed by atoms with Gasteiger partial charge in [-0.3, -0.25) is 9.59 Å². The first-order chi connectivity index (χ1) is 9.63. The summed E-state index contributed by atoms with van der Waals surface area (Å²) >= 11 is 7.37. The van der Waals surface area contributed by atoms with Gasteiger partial charge in [-0.25, -0.2) is 0 Å². The van der Waals surface area contributed by atoms with Gasteiger partial charge in [0, 0.05) is 29.4 Å². The average Bonchev–Trinajstić information content (AvgIpc) is 2.94. The van der Waals surface area contributed by atoms with Crippen LogP contribution in [-0.4, -0.2) is 47.5 Å². The highest BCUT2D eigenvalue weighted by molar-refractivity contribution is 7.99. The van der Waals surface area contributed by atoms with Gasteiger partial charge in [-0.15, -0.1) is 24.2 Å². The molecule has 8 heteroatoms. The van der Waals surface area contributed by atoms with E-state index in [0.29, 0.717) is 35.3 Å². The van der Waals surface area contributed by atoms with Crippen molar-refractivity contribution in [3.63, 3.8) is 0 Å². The van der Waals surface area contributed by atoms with Crippen molar-refractivity contribution in [1.29, 1.82) is 0 Å². The van der Waals surface area contributed by atoms with Crippen LogP contribution in [0.25, 0.3) is 0 Å². The maximum absolute atomic E-state index is 12.4. The van der Waals surface area contributed by atoms with Gasteiger partial charge in [0.05, 0.1) is 5.88 Å². The maximum atomic E-state index is 12.4. The van der Waals surface area contributed by atoms with E-state index in [0.717, 1.165) is 0 Å². The summed E-state index contributed by atoms with van der Waals surface area (Å²) in [4.78, 5) is 26.0. The number of rotatable bonds is 4. The fourth-order valence-electron chi connectivity index (χ4n) is 1.93. The predicted molar refractivity (Wildman–Crippen MR) is 88.0 cm³/mol. The second-order valence-electron chi connectivity index (χ2n) is 4.38. The fourth-order valence-corrected chi connectivity index (χ4v) is 3.21. The van der Waals surface area contributed by atoms with E-state index in [9.17, 15) is 9.59 Å². The number of thioether (sulfide) groups is 1. The number of benzene rings is 1. The van der Waals surface area contributed by atoms with Gasteiger partial charge in [0.2, 0.25) is 5.91 Å². The van der Waals surface area contributed by atoms with Crippen LogP contribution in [0, 0.1) is 0 Å². The Morgan fingerprint density at radius 3 is 2.67 bits per heavy atom. The molecule has 0 bridgehead atoms. The van der Waals surface area contributed by atoms with Gasteiger partial charge < -0.3 is 16.0 Å². The first-order valence-electron chi connectivity index (χ1n) is 6.25. The molecule has 1 aromatic rings. The largest absolute Gasteiger partial charge is 0.353 e. The zero-order chi connectivity index (χ0) is 14.5. The van der Waals surface area contributed by atoms with E-state index in [1.807, 2.05) is 0 Å². The van der Waals surface area contributed by atoms with Crippen LogP contribution in [-0.2, 0) is 4.79 Å². The molecule has 1 saturated heterocycles. The lowest BCUT2D eigenvalue weighted by atomic mass is 10.1. The number of carbonyl (C=O) groups is 2. The van der Waals surface area contributed by atoms with Crippen molar-refractivity contribution in [1.82, 2.24) is 10.2 Å². The molecule has 1 heterocycles. The van der Waals surface area contributed by atoms with Crippen molar-refractivity contribution in [3.05, 3.63) is 34.9 Å². The number of nitrogens with zero attached hydrogens (tertiary/aromatic N) is 1. The highest BCUT2D eigenvalue weighted by atomic mass is 35.5. The van der Waals surface area contributed by atoms with Crippen LogP contribution in [0.3, 0.4) is 0 Å². The smallest absolute Gasteiger partial charge is 0.255 e. The Morgan fingerprint density at radius 1 is 1.38 bits per heavy atom. The monoisotopic (exact) mass is 349 g/mol. The van der Waals surface area contributed by atoms with Crippen LogP contribution in [0.1, 0.15) is 10.4 Å². The Kier molecular flexibility index (Phi) is 7.31. The minimum absolute atomic E-state index is 0. The van der Waals surface area contributed by atoms with E-state index in [2.05, 4.69) is 5.32 Å². The van der Waals surface area contributed by atoms with Crippen molar-refractivity contribution in [2.24, 2.45) is 5.73 Å². The van der Waals surface area contributed by atoms with Gasteiger partial charge in [0.1, 0.15) is 6.04 Å². The Bertz CT molecular complexity index is 499. The molecular weight excluding hydrogens is 333 g/mol. The van der Waals surface area contributed by atoms with Crippen LogP contribution in [0.4, 0.5) is 0 Å². The van der Waals surface area contributed by atoms with Crippen molar-refractivity contribution >= 4 is 47.6 Å². The van der Waals surface area contributed by atoms with Gasteiger partial charge in [0.25, 0.3) is 5.91 Å². The second kappa shape index (κ2) is 8.48. The van der Waals surface area contributed by atoms with Crippen molar-refractivity contribution in [2.75, 3.05) is 24.7 Å². The minimum Gasteiger partial charge on any atom is -0.353 e. The topological polar surface area (TPSA) is 75.4 Å². The molecule has 0 aliphatic carbocycles. The van der Waals surface area contributed by atoms with E-state index in [1.54, 1.807) is 40.9 Å². The third kappa shape index (κ3) is 4.51. The van der Waals surface area contributed by atoms with Crippen LogP contribution in [0.2, 0.25) is 5.02 Å². The zero-order valence-electron chi connectivity index (χ0n) is 11.3. The molecule has 2 amide bonds. The summed E-state index contributed by atoms with van der Waals surface area (Å²) in [5.41, 5.74) is 5.90. The summed E-state index contributed by atoms with van der Waals surface area (Å²) in [6.45, 7) is 0.805. The standard InChI is InChI=1S/C13H16ClN3O2S.ClH/c14-10-3-1-9(2-4-10)13(19)17-8-20-7-11(17)12(18)16-6-5-15;/h1-4,11H,5-8,15H2,(H,16,18);1H. The number of halogens is 2. The Balaban J connectivity index is 0.00000220. The maximum Gasteiger partial charge on any atom is 0.255 e. The van der Waals surface area contributed by atoms with E-state index < -0.39 is 6.04 Å². The van der Waals surface area contributed by atoms with E-state index in [-0.39, 0.29) is 24.2 Å². The number of hydrogen-bond donors (Lipinski definition) is 2. The molecule has 1 aromatic carbocycles. The van der Waals surface area contributed by atoms with Gasteiger partial charge in [0.15, 0.2) is 0 Å². The van der Waals surface area contributed by atoms with Crippen molar-refractivity contribution in [2.45, 2.75) is 6.04 Å². The molecular formula is C13H17Cl2N3O2S. The number of hydrogen-bond acceptors (Lipinski definition) is 4. The number of nitrogens with one attached hydrogen (secondary N) is 1. The lowest BCUT2D eigenvalue weighted by molar-refractivity contribution is -0.124. The molecule has 0 radical (unpaired) electrons. The lowest BCUT2D eigenvalue weighted by Crippen LogP contribution is -2.48. The molecule has 116 valence electrons. The van der Waals surface area contributed by atoms with Gasteiger partial charge in [-0.05, 0) is 24.3 Å². The molecule has 1 unspecified atom stereocenters. The first-order valence-corrected chi connectivity index (χ1v) is 7.79. The molecule has 21 heavy (non-hydrogen) atoms. The van der Waals surface area contributed by atoms with Crippen LogP contribution in [0.15, 0.2) is 24.3 Å². The molecule has 2 rings (SSSR count). The molecule has 5 nitrogen and oxygen atoms in total. The third-order valence-electron chi connectivity index (χ3n) is 2.98. The van der Waals surface area contributed by atoms with Gasteiger partial charge >= 0.3 is 0 Å². The number of nitrogens with two attached hydrogens (primary N) is 1. The zero-order valence-corrected chi connectivity index (χ0v) is 13.6. The fraction of sp³-hybridized carbons (Fsp3) is 0.385. The summed E-state index contributed by atoms with van der Waals surface area (Å²) in [5.74, 6) is 0.820. The molecule has 1 atom stereocenters. The molecule has 1 fully saturated rings. The Morgan fingerprint density at radius 2 is 2.05 bits per heavy atom. The SMILES string of the molecule is Cl.NCCNC(=O)C1CSCN1C(=O)c1ccc(Cl)cc1. The van der Waals surface area contributed by atoms with Crippen molar-refractivity contribution < 1.29 is 9.59 Å². The third-order valence-corrected chi connectivity index (χ3v) is 4.24. The number of amides is 2. The average molecular weight is 350 g/mol. The summed E-state index contributed by atoms with van der Waals surface area (Å²) in [6, 6.07) is 6.24. The normalized spacial score (nSPS) is 17.2. The van der Waals surface area contributed by atoms with Crippen LogP contribution in [0.5, 0.6) is 0 Å². The minimum atomic E-state index is -0.435. The molecule has 3 N–H and O–H groups in total. The highest BCUT2D eigenvalue weighted by Crippen LogP contribution is 2.23. The quantitative estimate of drug-likeness (QED) is 0.860. The van der Waals surface area contributed by atoms with E-state index >= 15 is 0 Å². The van der Waals surface area contributed by atoms with Gasteiger partial charge in [-0.2, -0.15) is 0 Å². The molecule has 0 spiro atoms. The summed E-state index contributed by atoms with van der Waals surface area (Å²) in [5, 5.41) is 3.31. The summed E-state index contributed by atoms with van der Waals surface area (Å²) in [7, 11) is 0. The van der Waals surface area contributed by atoms with Crippen molar-refractivity contribution in [3.8, 4) is 0 Å². The van der Waals surface area contributed by atoms with E-state index in [1.165, 1.54) is 0 Å². The Labute approximate surface area is 139 Å². The molecule has 0 saturated carbocycles. The summed E-state index contributed by atoms with van der Waals surface area (Å²) in [6.07, 6.45) is 0. The summed E-state index contributed by atoms with van der Waals surface area (Å²) < 4.78 is 0. The molecule has 0 aromatic heterocycles. The molecule has 1 aliphatic rings. The highest BCUT2D eigenvalue weighted by Gasteiger charge is 2.34. The Hall–Kier alpha value is -0.950.